The maximum absolute atomic E-state index is 13.7. The number of amides is 1. The van der Waals surface area contributed by atoms with E-state index in [9.17, 15) is 14.7 Å². The minimum Gasteiger partial charge on any atom is -0.872 e. The fourth-order valence-corrected chi connectivity index (χ4v) is 4.76. The number of hydrogen-bond acceptors (Lipinski definition) is 7. The van der Waals surface area contributed by atoms with Crippen molar-refractivity contribution in [1.29, 1.82) is 0 Å². The summed E-state index contributed by atoms with van der Waals surface area (Å²) in [7, 11) is 1.57. The predicted octanol–water partition coefficient (Wildman–Crippen LogP) is -0.394. The van der Waals surface area contributed by atoms with E-state index >= 15 is 0 Å². The van der Waals surface area contributed by atoms with Gasteiger partial charge < -0.3 is 33.9 Å². The number of rotatable bonds is 6. The number of carbonyl (C=O) groups excluding carboxylic acids is 2. The van der Waals surface area contributed by atoms with Crippen molar-refractivity contribution in [1.82, 2.24) is 4.90 Å². The van der Waals surface area contributed by atoms with Gasteiger partial charge in [-0.2, -0.15) is 0 Å². The van der Waals surface area contributed by atoms with Crippen LogP contribution in [0.25, 0.3) is 5.76 Å². The number of likely N-dealkylation sites (tertiary alicyclic amines) is 1. The fraction of sp³-hybridized carbons (Fsp3) is 0.385. The van der Waals surface area contributed by atoms with Gasteiger partial charge in [0, 0.05) is 5.57 Å². The second-order valence-corrected chi connectivity index (χ2v) is 8.72. The third-order valence-electron chi connectivity index (χ3n) is 6.67. The molecule has 0 aromatic heterocycles. The van der Waals surface area contributed by atoms with Crippen LogP contribution >= 0.6 is 0 Å². The van der Waals surface area contributed by atoms with Crippen LogP contribution in [0, 0.1) is 0 Å². The fourth-order valence-electron chi connectivity index (χ4n) is 4.76. The normalized spacial score (nSPS) is 21.9. The van der Waals surface area contributed by atoms with Gasteiger partial charge in [0.05, 0.1) is 39.5 Å². The maximum Gasteiger partial charge on any atom is 0.295 e. The van der Waals surface area contributed by atoms with Crippen LogP contribution in [0.3, 0.4) is 0 Å². The summed E-state index contributed by atoms with van der Waals surface area (Å²) in [4.78, 5) is 29.2. The molecule has 2 fully saturated rings. The van der Waals surface area contributed by atoms with Gasteiger partial charge >= 0.3 is 0 Å². The Morgan fingerprint density at radius 3 is 2.46 bits per heavy atom. The van der Waals surface area contributed by atoms with E-state index < -0.39 is 23.5 Å². The minimum absolute atomic E-state index is 0.0474. The topological polar surface area (TPSA) is 102 Å². The molecular formula is C26H28N2O7. The first-order chi connectivity index (χ1) is 17.1. The summed E-state index contributed by atoms with van der Waals surface area (Å²) in [5.41, 5.74) is 0.918. The summed E-state index contributed by atoms with van der Waals surface area (Å²) < 4.78 is 21.8. The van der Waals surface area contributed by atoms with Crippen molar-refractivity contribution in [2.45, 2.75) is 6.04 Å². The molecule has 1 amide bonds. The van der Waals surface area contributed by atoms with Crippen LogP contribution in [0.15, 0.2) is 48.0 Å². The van der Waals surface area contributed by atoms with Gasteiger partial charge in [0.1, 0.15) is 32.1 Å². The van der Waals surface area contributed by atoms with Crippen molar-refractivity contribution < 1.29 is 38.5 Å². The zero-order chi connectivity index (χ0) is 24.4. The van der Waals surface area contributed by atoms with Gasteiger partial charge in [-0.3, -0.25) is 9.59 Å². The summed E-state index contributed by atoms with van der Waals surface area (Å²) in [6.45, 7) is 4.87. The molecule has 9 nitrogen and oxygen atoms in total. The molecule has 3 aliphatic heterocycles. The van der Waals surface area contributed by atoms with E-state index in [-0.39, 0.29) is 11.1 Å². The number of hydrogen-bond donors (Lipinski definition) is 1. The Morgan fingerprint density at radius 2 is 1.74 bits per heavy atom. The number of morpholine rings is 1. The Hall–Kier alpha value is -3.56. The van der Waals surface area contributed by atoms with Crippen LogP contribution in [-0.4, -0.2) is 76.3 Å². The van der Waals surface area contributed by atoms with Crippen molar-refractivity contribution in [2.24, 2.45) is 0 Å². The SMILES string of the molecule is COc1ccc(C2/C(=C(\[O-])c3ccc4c(c3)OCCO4)C(=O)C(=O)N2CC[NH+]2CCOCC2)cc1. The molecule has 9 heteroatoms. The molecule has 2 aromatic carbocycles. The summed E-state index contributed by atoms with van der Waals surface area (Å²) >= 11 is 0. The first-order valence-corrected chi connectivity index (χ1v) is 11.8. The molecule has 0 saturated carbocycles. The first-order valence-electron chi connectivity index (χ1n) is 11.8. The van der Waals surface area contributed by atoms with E-state index in [0.717, 1.165) is 13.1 Å². The second kappa shape index (κ2) is 9.97. The van der Waals surface area contributed by atoms with E-state index in [0.29, 0.717) is 62.3 Å². The molecule has 1 unspecified atom stereocenters. The molecule has 0 radical (unpaired) electrons. The quantitative estimate of drug-likeness (QED) is 0.341. The highest BCUT2D eigenvalue weighted by atomic mass is 16.6. The molecule has 1 N–H and O–H groups in total. The van der Waals surface area contributed by atoms with Crippen LogP contribution in [0.5, 0.6) is 17.2 Å². The van der Waals surface area contributed by atoms with Gasteiger partial charge in [-0.1, -0.05) is 24.0 Å². The predicted molar refractivity (Wildman–Crippen MR) is 123 cm³/mol. The van der Waals surface area contributed by atoms with E-state index in [1.807, 2.05) is 0 Å². The Labute approximate surface area is 203 Å². The van der Waals surface area contributed by atoms with E-state index in [1.54, 1.807) is 49.6 Å². The minimum atomic E-state index is -0.776. The van der Waals surface area contributed by atoms with Crippen molar-refractivity contribution >= 4 is 17.4 Å². The van der Waals surface area contributed by atoms with Gasteiger partial charge in [-0.15, -0.1) is 0 Å². The van der Waals surface area contributed by atoms with E-state index in [4.69, 9.17) is 18.9 Å². The number of ether oxygens (including phenoxy) is 4. The highest BCUT2D eigenvalue weighted by Gasteiger charge is 2.44. The van der Waals surface area contributed by atoms with Gasteiger partial charge in [-0.25, -0.2) is 0 Å². The number of carbonyl (C=O) groups is 2. The third-order valence-corrected chi connectivity index (χ3v) is 6.67. The standard InChI is InChI=1S/C26H28N2O7/c1-32-19-5-2-17(3-6-19)23-22(24(29)18-4-7-20-21(16-18)35-15-14-34-20)25(30)26(31)28(23)9-8-27-10-12-33-13-11-27/h2-7,16,23,29H,8-15H2,1H3/b24-22+. The van der Waals surface area contributed by atoms with E-state index in [2.05, 4.69) is 0 Å². The molecule has 0 bridgehead atoms. The van der Waals surface area contributed by atoms with Crippen molar-refractivity contribution in [3.8, 4) is 17.2 Å². The molecule has 0 aliphatic carbocycles. The molecule has 2 aromatic rings. The summed E-state index contributed by atoms with van der Waals surface area (Å²) in [5.74, 6) is -0.250. The highest BCUT2D eigenvalue weighted by Crippen LogP contribution is 2.40. The largest absolute Gasteiger partial charge is 0.872 e. The van der Waals surface area contributed by atoms with Gasteiger partial charge in [-0.05, 0) is 35.4 Å². The number of nitrogens with zero attached hydrogens (tertiary/aromatic N) is 1. The lowest BCUT2D eigenvalue weighted by Crippen LogP contribution is -3.14. The molecule has 2 saturated heterocycles. The number of benzene rings is 2. The smallest absolute Gasteiger partial charge is 0.295 e. The molecule has 35 heavy (non-hydrogen) atoms. The molecule has 5 rings (SSSR count). The van der Waals surface area contributed by atoms with Crippen LogP contribution in [0.4, 0.5) is 0 Å². The molecule has 0 spiro atoms. The number of nitrogens with one attached hydrogen (secondary N) is 1. The summed E-state index contributed by atoms with van der Waals surface area (Å²) in [6, 6.07) is 11.2. The van der Waals surface area contributed by atoms with E-state index in [1.165, 1.54) is 9.80 Å². The summed E-state index contributed by atoms with van der Waals surface area (Å²) in [5, 5.41) is 13.7. The van der Waals surface area contributed by atoms with Crippen molar-refractivity contribution in [3.63, 3.8) is 0 Å². The molecule has 184 valence electrons. The van der Waals surface area contributed by atoms with Crippen LogP contribution in [0.2, 0.25) is 0 Å². The lowest BCUT2D eigenvalue weighted by molar-refractivity contribution is -0.907. The number of quaternary nitrogens is 1. The van der Waals surface area contributed by atoms with Gasteiger partial charge in [0.2, 0.25) is 5.78 Å². The number of methoxy groups -OCH3 is 1. The molecule has 1 atom stereocenters. The Kier molecular flexibility index (Phi) is 6.61. The maximum atomic E-state index is 13.7. The monoisotopic (exact) mass is 480 g/mol. The van der Waals surface area contributed by atoms with Crippen LogP contribution in [0.1, 0.15) is 17.2 Å². The summed E-state index contributed by atoms with van der Waals surface area (Å²) in [6.07, 6.45) is 0. The lowest BCUT2D eigenvalue weighted by Gasteiger charge is -2.30. The molecular weight excluding hydrogens is 452 g/mol. The Morgan fingerprint density at radius 1 is 1.03 bits per heavy atom. The zero-order valence-corrected chi connectivity index (χ0v) is 19.6. The Balaban J connectivity index is 1.53. The third kappa shape index (κ3) is 4.56. The number of ketones is 1. The number of Topliss-reactive ketones (excluding diaryl/α,β-unsaturated/α-hetero) is 1. The molecule has 3 heterocycles. The molecule has 3 aliphatic rings. The average Bonchev–Trinajstić information content (AvgIpc) is 3.16. The van der Waals surface area contributed by atoms with Gasteiger partial charge in [0.25, 0.3) is 5.91 Å². The van der Waals surface area contributed by atoms with Crippen molar-refractivity contribution in [2.75, 3.05) is 59.7 Å². The lowest BCUT2D eigenvalue weighted by atomic mass is 9.95. The first kappa shape index (κ1) is 23.2. The zero-order valence-electron chi connectivity index (χ0n) is 19.6. The Bertz CT molecular complexity index is 1140. The van der Waals surface area contributed by atoms with Crippen molar-refractivity contribution in [3.05, 3.63) is 59.2 Å². The highest BCUT2D eigenvalue weighted by molar-refractivity contribution is 6.46. The van der Waals surface area contributed by atoms with Gasteiger partial charge in [0.15, 0.2) is 11.5 Å². The second-order valence-electron chi connectivity index (χ2n) is 8.72. The van der Waals surface area contributed by atoms with Crippen LogP contribution < -0.4 is 24.2 Å². The average molecular weight is 481 g/mol. The number of fused-ring (bicyclic) bond motifs is 1. The van der Waals surface area contributed by atoms with Crippen LogP contribution in [-0.2, 0) is 14.3 Å².